The summed E-state index contributed by atoms with van der Waals surface area (Å²) in [5.41, 5.74) is 2.50. The van der Waals surface area contributed by atoms with Crippen molar-refractivity contribution in [1.82, 2.24) is 5.32 Å². The van der Waals surface area contributed by atoms with E-state index in [4.69, 9.17) is 4.74 Å². The molecule has 0 aromatic heterocycles. The van der Waals surface area contributed by atoms with Crippen molar-refractivity contribution in [2.24, 2.45) is 10.8 Å². The fourth-order valence-electron chi connectivity index (χ4n) is 7.84. The minimum Gasteiger partial charge on any atom is -0.429 e. The quantitative estimate of drug-likeness (QED) is 0.248. The topological polar surface area (TPSA) is 58.6 Å². The maximum atomic E-state index is 12.6. The molecule has 0 amide bonds. The molecular weight excluding hydrogens is 398 g/mol. The summed E-state index contributed by atoms with van der Waals surface area (Å²) in [5, 5.41) is 15.9. The van der Waals surface area contributed by atoms with E-state index in [-0.39, 0.29) is 16.8 Å². The molecule has 3 aliphatic carbocycles. The zero-order valence-electron chi connectivity index (χ0n) is 20.5. The van der Waals surface area contributed by atoms with Gasteiger partial charge in [0.2, 0.25) is 5.79 Å². The van der Waals surface area contributed by atoms with Crippen LogP contribution in [-0.2, 0) is 9.53 Å². The number of carbonyl (C=O) groups is 1. The Bertz CT molecular complexity index is 739. The minimum absolute atomic E-state index is 0.0375. The van der Waals surface area contributed by atoms with Crippen molar-refractivity contribution >= 4 is 5.97 Å². The van der Waals surface area contributed by atoms with Crippen LogP contribution in [0.3, 0.4) is 0 Å². The Kier molecular flexibility index (Phi) is 7.51. The molecule has 4 unspecified atom stereocenters. The van der Waals surface area contributed by atoms with Gasteiger partial charge in [-0.2, -0.15) is 0 Å². The molecule has 2 N–H and O–H groups in total. The van der Waals surface area contributed by atoms with Crippen LogP contribution in [0.25, 0.3) is 0 Å². The van der Waals surface area contributed by atoms with E-state index in [1.165, 1.54) is 69.8 Å². The maximum Gasteiger partial charge on any atom is 0.308 e. The van der Waals surface area contributed by atoms with Crippen LogP contribution in [0.1, 0.15) is 117 Å². The minimum atomic E-state index is -1.46. The summed E-state index contributed by atoms with van der Waals surface area (Å²) in [6.07, 6.45) is 21.7. The standard InChI is InChI=1S/C28H45NO3/c1-3-5-6-7-8-14-23-26-16-9-10-17-27(26,20-21-29-23)25-22(15-19-26)13-11-18-28(25,31)32-24(30)12-4-2/h11,13,23,29,31H,3-10,12,14-21H2,1-2H3. The van der Waals surface area contributed by atoms with Gasteiger partial charge in [0, 0.05) is 29.9 Å². The molecule has 0 bridgehead atoms. The smallest absolute Gasteiger partial charge is 0.308 e. The number of hydrogen-bond donors (Lipinski definition) is 2. The number of piperidine rings is 1. The second-order valence-electron chi connectivity index (χ2n) is 10.9. The van der Waals surface area contributed by atoms with Gasteiger partial charge in [0.05, 0.1) is 0 Å². The van der Waals surface area contributed by atoms with Crippen molar-refractivity contribution in [3.05, 3.63) is 23.3 Å². The average Bonchev–Trinajstić information content (AvgIpc) is 2.78. The fraction of sp³-hybridized carbons (Fsp3) is 0.821. The molecule has 4 heteroatoms. The van der Waals surface area contributed by atoms with Crippen molar-refractivity contribution in [3.8, 4) is 0 Å². The molecular formula is C28H45NO3. The van der Waals surface area contributed by atoms with E-state index >= 15 is 0 Å². The first-order valence-corrected chi connectivity index (χ1v) is 13.6. The number of nitrogens with one attached hydrogen (secondary N) is 1. The lowest BCUT2D eigenvalue weighted by Crippen LogP contribution is -2.66. The summed E-state index contributed by atoms with van der Waals surface area (Å²) in [5.74, 6) is -1.72. The van der Waals surface area contributed by atoms with Crippen LogP contribution in [0.15, 0.2) is 23.3 Å². The van der Waals surface area contributed by atoms with E-state index in [1.54, 1.807) is 0 Å². The SMILES string of the molecule is CCCCCCCC1NCCC23CCCCC12CCC1=C3C(O)(OC(=O)CCC)CC=C1. The molecule has 4 nitrogen and oxygen atoms in total. The van der Waals surface area contributed by atoms with Crippen LogP contribution in [0.5, 0.6) is 0 Å². The van der Waals surface area contributed by atoms with Gasteiger partial charge in [-0.15, -0.1) is 0 Å². The third-order valence-electron chi connectivity index (χ3n) is 9.12. The summed E-state index contributed by atoms with van der Waals surface area (Å²) in [4.78, 5) is 12.6. The van der Waals surface area contributed by atoms with Gasteiger partial charge in [-0.25, -0.2) is 0 Å². The van der Waals surface area contributed by atoms with Crippen LogP contribution < -0.4 is 5.32 Å². The van der Waals surface area contributed by atoms with Crippen molar-refractivity contribution in [1.29, 1.82) is 0 Å². The van der Waals surface area contributed by atoms with Gasteiger partial charge in [0.1, 0.15) is 0 Å². The Balaban J connectivity index is 1.66. The summed E-state index contributed by atoms with van der Waals surface area (Å²) in [7, 11) is 0. The number of esters is 1. The van der Waals surface area contributed by atoms with Gasteiger partial charge in [-0.05, 0) is 62.5 Å². The van der Waals surface area contributed by atoms with Gasteiger partial charge >= 0.3 is 5.97 Å². The second-order valence-corrected chi connectivity index (χ2v) is 10.9. The zero-order valence-corrected chi connectivity index (χ0v) is 20.5. The summed E-state index contributed by atoms with van der Waals surface area (Å²) >= 11 is 0. The third kappa shape index (κ3) is 4.11. The highest BCUT2D eigenvalue weighted by atomic mass is 16.7. The molecule has 32 heavy (non-hydrogen) atoms. The number of aliphatic hydroxyl groups is 1. The molecule has 0 aromatic rings. The first kappa shape index (κ1) is 24.0. The molecule has 1 saturated carbocycles. The van der Waals surface area contributed by atoms with E-state index < -0.39 is 5.79 Å². The van der Waals surface area contributed by atoms with Crippen molar-refractivity contribution in [2.75, 3.05) is 6.54 Å². The predicted octanol–water partition coefficient (Wildman–Crippen LogP) is 6.34. The largest absolute Gasteiger partial charge is 0.429 e. The van der Waals surface area contributed by atoms with E-state index in [2.05, 4.69) is 18.3 Å². The number of allylic oxidation sites excluding steroid dienone is 2. The lowest BCUT2D eigenvalue weighted by atomic mass is 9.42. The molecule has 2 fully saturated rings. The number of rotatable bonds is 9. The summed E-state index contributed by atoms with van der Waals surface area (Å²) in [6.45, 7) is 5.26. The van der Waals surface area contributed by atoms with Gasteiger partial charge in [-0.3, -0.25) is 4.79 Å². The molecule has 1 aliphatic heterocycles. The van der Waals surface area contributed by atoms with E-state index in [0.29, 0.717) is 18.9 Å². The molecule has 4 atom stereocenters. The van der Waals surface area contributed by atoms with Crippen LogP contribution >= 0.6 is 0 Å². The van der Waals surface area contributed by atoms with Gasteiger partial charge < -0.3 is 15.2 Å². The summed E-state index contributed by atoms with van der Waals surface area (Å²) < 4.78 is 5.93. The number of hydrogen-bond acceptors (Lipinski definition) is 4. The molecule has 4 rings (SSSR count). The molecule has 0 radical (unpaired) electrons. The Morgan fingerprint density at radius 2 is 1.91 bits per heavy atom. The van der Waals surface area contributed by atoms with E-state index in [0.717, 1.165) is 37.8 Å². The van der Waals surface area contributed by atoms with Crippen molar-refractivity contribution in [2.45, 2.75) is 128 Å². The number of ether oxygens (including phenoxy) is 1. The molecule has 1 saturated heterocycles. The first-order chi connectivity index (χ1) is 15.5. The fourth-order valence-corrected chi connectivity index (χ4v) is 7.84. The first-order valence-electron chi connectivity index (χ1n) is 13.6. The summed E-state index contributed by atoms with van der Waals surface area (Å²) in [6, 6.07) is 0.508. The van der Waals surface area contributed by atoms with E-state index in [1.807, 2.05) is 13.0 Å². The highest BCUT2D eigenvalue weighted by Gasteiger charge is 2.65. The predicted molar refractivity (Wildman–Crippen MR) is 129 cm³/mol. The maximum absolute atomic E-state index is 12.6. The van der Waals surface area contributed by atoms with E-state index in [9.17, 15) is 9.90 Å². The molecule has 0 aromatic carbocycles. The van der Waals surface area contributed by atoms with Crippen LogP contribution in [-0.4, -0.2) is 29.4 Å². The highest BCUT2D eigenvalue weighted by Crippen LogP contribution is 2.68. The van der Waals surface area contributed by atoms with Gasteiger partial charge in [-0.1, -0.05) is 70.9 Å². The van der Waals surface area contributed by atoms with Gasteiger partial charge in [0.25, 0.3) is 0 Å². The monoisotopic (exact) mass is 443 g/mol. The Morgan fingerprint density at radius 3 is 2.72 bits per heavy atom. The van der Waals surface area contributed by atoms with Gasteiger partial charge in [0.15, 0.2) is 0 Å². The molecule has 1 heterocycles. The van der Waals surface area contributed by atoms with Crippen LogP contribution in [0, 0.1) is 10.8 Å². The molecule has 0 spiro atoms. The van der Waals surface area contributed by atoms with Crippen LogP contribution in [0.2, 0.25) is 0 Å². The normalized spacial score (nSPS) is 36.3. The lowest BCUT2D eigenvalue weighted by Gasteiger charge is -2.66. The highest BCUT2D eigenvalue weighted by molar-refractivity contribution is 5.70. The lowest BCUT2D eigenvalue weighted by molar-refractivity contribution is -0.209. The Labute approximate surface area is 195 Å². The molecule has 4 aliphatic rings. The Morgan fingerprint density at radius 1 is 1.09 bits per heavy atom. The van der Waals surface area contributed by atoms with Crippen LogP contribution in [0.4, 0.5) is 0 Å². The second kappa shape index (κ2) is 10.0. The number of carbonyl (C=O) groups excluding carboxylic acids is 1. The van der Waals surface area contributed by atoms with Crippen molar-refractivity contribution in [3.63, 3.8) is 0 Å². The Hall–Kier alpha value is -1.13. The number of unbranched alkanes of at least 4 members (excludes halogenated alkanes) is 4. The zero-order chi connectivity index (χ0) is 22.7. The molecule has 180 valence electrons. The average molecular weight is 444 g/mol. The third-order valence-corrected chi connectivity index (χ3v) is 9.12. The van der Waals surface area contributed by atoms with Crippen molar-refractivity contribution < 1.29 is 14.6 Å².